The quantitative estimate of drug-likeness (QED) is 0.838. The Morgan fingerprint density at radius 1 is 1.33 bits per heavy atom. The molecule has 0 aromatic heterocycles. The number of benzene rings is 1. The Balaban J connectivity index is 2.08. The summed E-state index contributed by atoms with van der Waals surface area (Å²) in [6.07, 6.45) is 0.894. The molecular formula is C13H19NO3S. The number of hydrogen-bond donors (Lipinski definition) is 0. The molecule has 1 atom stereocenters. The van der Waals surface area contributed by atoms with Crippen LogP contribution in [-0.4, -0.2) is 38.7 Å². The van der Waals surface area contributed by atoms with Gasteiger partial charge in [0.1, 0.15) is 5.75 Å². The van der Waals surface area contributed by atoms with Crippen LogP contribution >= 0.6 is 0 Å². The van der Waals surface area contributed by atoms with Crippen LogP contribution in [-0.2, 0) is 10.0 Å². The average Bonchev–Trinajstić information content (AvgIpc) is 2.89. The van der Waals surface area contributed by atoms with Crippen molar-refractivity contribution in [1.29, 1.82) is 0 Å². The first kappa shape index (κ1) is 13.4. The van der Waals surface area contributed by atoms with E-state index in [0.717, 1.165) is 12.2 Å². The molecule has 1 aliphatic heterocycles. The predicted octanol–water partition coefficient (Wildman–Crippen LogP) is 1.83. The molecule has 1 saturated heterocycles. The molecule has 5 heteroatoms. The van der Waals surface area contributed by atoms with Crippen molar-refractivity contribution in [3.63, 3.8) is 0 Å². The third-order valence-electron chi connectivity index (χ3n) is 3.50. The minimum atomic E-state index is -3.04. The fourth-order valence-electron chi connectivity index (χ4n) is 2.31. The molecule has 1 fully saturated rings. The highest BCUT2D eigenvalue weighted by Crippen LogP contribution is 2.29. The van der Waals surface area contributed by atoms with Crippen molar-refractivity contribution >= 4 is 10.0 Å². The summed E-state index contributed by atoms with van der Waals surface area (Å²) in [5, 5.41) is 0. The highest BCUT2D eigenvalue weighted by molar-refractivity contribution is 7.89. The van der Waals surface area contributed by atoms with Gasteiger partial charge in [-0.3, -0.25) is 0 Å². The zero-order valence-electron chi connectivity index (χ0n) is 10.8. The van der Waals surface area contributed by atoms with E-state index < -0.39 is 10.0 Å². The molecule has 0 bridgehead atoms. The van der Waals surface area contributed by atoms with Crippen LogP contribution in [0.1, 0.15) is 24.8 Å². The normalized spacial score (nSPS) is 21.1. The summed E-state index contributed by atoms with van der Waals surface area (Å²) in [6, 6.07) is 7.88. The van der Waals surface area contributed by atoms with Crippen molar-refractivity contribution in [2.75, 3.05) is 26.0 Å². The van der Waals surface area contributed by atoms with Gasteiger partial charge in [-0.2, -0.15) is 0 Å². The number of nitrogens with zero attached hydrogens (tertiary/aromatic N) is 1. The van der Waals surface area contributed by atoms with Crippen molar-refractivity contribution in [2.45, 2.75) is 19.3 Å². The van der Waals surface area contributed by atoms with Crippen LogP contribution in [0.25, 0.3) is 0 Å². The highest BCUT2D eigenvalue weighted by atomic mass is 32.2. The molecule has 0 radical (unpaired) electrons. The third-order valence-corrected chi connectivity index (χ3v) is 5.34. The summed E-state index contributed by atoms with van der Waals surface area (Å²) in [7, 11) is -1.40. The summed E-state index contributed by atoms with van der Waals surface area (Å²) in [4.78, 5) is 0. The monoisotopic (exact) mass is 269 g/mol. The molecule has 1 unspecified atom stereocenters. The largest absolute Gasteiger partial charge is 0.497 e. The van der Waals surface area contributed by atoms with Crippen LogP contribution in [0.15, 0.2) is 24.3 Å². The summed E-state index contributed by atoms with van der Waals surface area (Å²) in [5.41, 5.74) is 1.18. The van der Waals surface area contributed by atoms with Crippen molar-refractivity contribution in [1.82, 2.24) is 4.31 Å². The maximum Gasteiger partial charge on any atom is 0.213 e. The molecule has 0 aliphatic carbocycles. The third kappa shape index (κ3) is 2.67. The zero-order chi connectivity index (χ0) is 13.2. The topological polar surface area (TPSA) is 46.6 Å². The second-order valence-corrected chi connectivity index (χ2v) is 6.77. The number of sulfonamides is 1. The Kier molecular flexibility index (Phi) is 3.92. The van der Waals surface area contributed by atoms with Gasteiger partial charge in [-0.1, -0.05) is 12.1 Å². The van der Waals surface area contributed by atoms with Gasteiger partial charge in [0.2, 0.25) is 10.0 Å². The van der Waals surface area contributed by atoms with Gasteiger partial charge >= 0.3 is 0 Å². The average molecular weight is 269 g/mol. The van der Waals surface area contributed by atoms with Crippen molar-refractivity contribution in [3.05, 3.63) is 29.8 Å². The van der Waals surface area contributed by atoms with Crippen LogP contribution in [0.5, 0.6) is 5.75 Å². The van der Waals surface area contributed by atoms with Crippen LogP contribution < -0.4 is 4.74 Å². The van der Waals surface area contributed by atoms with Crippen LogP contribution in [0.2, 0.25) is 0 Å². The van der Waals surface area contributed by atoms with E-state index in [-0.39, 0.29) is 5.75 Å². The number of ether oxygens (including phenoxy) is 1. The lowest BCUT2D eigenvalue weighted by Crippen LogP contribution is -2.29. The van der Waals surface area contributed by atoms with E-state index in [4.69, 9.17) is 4.74 Å². The predicted molar refractivity (Wildman–Crippen MR) is 71.4 cm³/mol. The molecule has 100 valence electrons. The Hall–Kier alpha value is -1.07. The molecule has 0 spiro atoms. The maximum atomic E-state index is 11.8. The van der Waals surface area contributed by atoms with Gasteiger partial charge in [-0.25, -0.2) is 12.7 Å². The van der Waals surface area contributed by atoms with Gasteiger partial charge < -0.3 is 4.74 Å². The second-order valence-electron chi connectivity index (χ2n) is 4.52. The summed E-state index contributed by atoms with van der Waals surface area (Å²) >= 11 is 0. The molecule has 1 aromatic carbocycles. The summed E-state index contributed by atoms with van der Waals surface area (Å²) < 4.78 is 30.3. The van der Waals surface area contributed by atoms with E-state index in [0.29, 0.717) is 19.0 Å². The second kappa shape index (κ2) is 5.28. The first-order valence-corrected chi connectivity index (χ1v) is 7.79. The Bertz CT molecular complexity index is 495. The summed E-state index contributed by atoms with van der Waals surface area (Å²) in [6.45, 7) is 2.92. The minimum Gasteiger partial charge on any atom is -0.497 e. The van der Waals surface area contributed by atoms with Gasteiger partial charge in [0.05, 0.1) is 12.9 Å². The number of hydrogen-bond acceptors (Lipinski definition) is 3. The van der Waals surface area contributed by atoms with Crippen molar-refractivity contribution in [2.24, 2.45) is 0 Å². The van der Waals surface area contributed by atoms with Crippen LogP contribution in [0, 0.1) is 0 Å². The Morgan fingerprint density at radius 3 is 2.56 bits per heavy atom. The number of methoxy groups -OCH3 is 1. The molecule has 0 N–H and O–H groups in total. The molecule has 1 aromatic rings. The fraction of sp³-hybridized carbons (Fsp3) is 0.538. The SMILES string of the molecule is CCS(=O)(=O)N1CCC(c2ccc(OC)cc2)C1. The Labute approximate surface area is 109 Å². The lowest BCUT2D eigenvalue weighted by Gasteiger charge is -2.15. The standard InChI is InChI=1S/C13H19NO3S/c1-3-18(15,16)14-9-8-12(10-14)11-4-6-13(17-2)7-5-11/h4-7,12H,3,8-10H2,1-2H3. The smallest absolute Gasteiger partial charge is 0.213 e. The molecule has 4 nitrogen and oxygen atoms in total. The first-order valence-electron chi connectivity index (χ1n) is 6.18. The van der Waals surface area contributed by atoms with E-state index >= 15 is 0 Å². The van der Waals surface area contributed by atoms with Gasteiger partial charge in [-0.15, -0.1) is 0 Å². The lowest BCUT2D eigenvalue weighted by molar-refractivity contribution is 0.414. The highest BCUT2D eigenvalue weighted by Gasteiger charge is 2.30. The zero-order valence-corrected chi connectivity index (χ0v) is 11.6. The lowest BCUT2D eigenvalue weighted by atomic mass is 9.99. The van der Waals surface area contributed by atoms with E-state index in [1.807, 2.05) is 24.3 Å². The molecule has 18 heavy (non-hydrogen) atoms. The van der Waals surface area contributed by atoms with E-state index in [9.17, 15) is 8.42 Å². The molecule has 1 aliphatic rings. The van der Waals surface area contributed by atoms with Crippen molar-refractivity contribution < 1.29 is 13.2 Å². The van der Waals surface area contributed by atoms with Crippen LogP contribution in [0.4, 0.5) is 0 Å². The van der Waals surface area contributed by atoms with Crippen LogP contribution in [0.3, 0.4) is 0 Å². The van der Waals surface area contributed by atoms with E-state index in [1.54, 1.807) is 18.3 Å². The molecule has 1 heterocycles. The van der Waals surface area contributed by atoms with Gasteiger partial charge in [0.25, 0.3) is 0 Å². The van der Waals surface area contributed by atoms with Gasteiger partial charge in [0, 0.05) is 13.1 Å². The molecule has 0 saturated carbocycles. The Morgan fingerprint density at radius 2 is 2.00 bits per heavy atom. The summed E-state index contributed by atoms with van der Waals surface area (Å²) in [5.74, 6) is 1.31. The maximum absolute atomic E-state index is 11.8. The fourth-order valence-corrected chi connectivity index (χ4v) is 3.47. The molecule has 0 amide bonds. The van der Waals surface area contributed by atoms with E-state index in [2.05, 4.69) is 0 Å². The first-order chi connectivity index (χ1) is 8.56. The van der Waals surface area contributed by atoms with Gasteiger partial charge in [0.15, 0.2) is 0 Å². The van der Waals surface area contributed by atoms with E-state index in [1.165, 1.54) is 5.56 Å². The molecular weight excluding hydrogens is 250 g/mol. The molecule has 2 rings (SSSR count). The van der Waals surface area contributed by atoms with Crippen molar-refractivity contribution in [3.8, 4) is 5.75 Å². The van der Waals surface area contributed by atoms with Gasteiger partial charge in [-0.05, 0) is 37.0 Å². The number of rotatable bonds is 4. The minimum absolute atomic E-state index is 0.183.